The monoisotopic (exact) mass is 499 g/mol. The van der Waals surface area contributed by atoms with Crippen LogP contribution in [0.2, 0.25) is 0 Å². The Morgan fingerprint density at radius 2 is 1.89 bits per heavy atom. The summed E-state index contributed by atoms with van der Waals surface area (Å²) in [4.78, 5) is 31.6. The predicted molar refractivity (Wildman–Crippen MR) is 128 cm³/mol. The third-order valence-electron chi connectivity index (χ3n) is 7.95. The molecular weight excluding hydrogens is 468 g/mol. The number of carbonyl (C=O) groups is 2. The minimum atomic E-state index is -1.11. The molecule has 0 bridgehead atoms. The molecule has 5 rings (SSSR count). The number of rotatable bonds is 5. The van der Waals surface area contributed by atoms with E-state index >= 15 is 0 Å². The van der Waals surface area contributed by atoms with Crippen molar-refractivity contribution in [3.63, 3.8) is 0 Å². The summed E-state index contributed by atoms with van der Waals surface area (Å²) in [6.45, 7) is 2.01. The number of allylic oxidation sites excluding steroid dienone is 2. The first kappa shape index (κ1) is 24.5. The Hall–Kier alpha value is -3.23. The molecule has 1 unspecified atom stereocenters. The summed E-state index contributed by atoms with van der Waals surface area (Å²) in [7, 11) is 1.38. The second kappa shape index (κ2) is 9.67. The molecule has 0 radical (unpaired) electrons. The van der Waals surface area contributed by atoms with Gasteiger partial charge in [0.1, 0.15) is 5.82 Å². The second-order valence-electron chi connectivity index (χ2n) is 10.1. The first-order valence-corrected chi connectivity index (χ1v) is 12.7. The summed E-state index contributed by atoms with van der Waals surface area (Å²) in [5, 5.41) is 10.0. The van der Waals surface area contributed by atoms with E-state index in [1.165, 1.54) is 13.2 Å². The Labute approximate surface area is 208 Å². The average Bonchev–Trinajstić information content (AvgIpc) is 3.51. The fourth-order valence-corrected chi connectivity index (χ4v) is 6.18. The number of aliphatic carboxylic acids is 1. The maximum Gasteiger partial charge on any atom is 0.413 e. The van der Waals surface area contributed by atoms with Crippen LogP contribution >= 0.6 is 0 Å². The minimum Gasteiger partial charge on any atom is -0.481 e. The molecule has 2 aromatic rings. The number of amides is 1. The number of ether oxygens (including phenoxy) is 1. The molecule has 0 spiro atoms. The van der Waals surface area contributed by atoms with E-state index in [0.29, 0.717) is 18.7 Å². The number of hydrogen-bond donors (Lipinski definition) is 1. The maximum atomic E-state index is 14.0. The largest absolute Gasteiger partial charge is 0.481 e. The zero-order valence-electron chi connectivity index (χ0n) is 20.6. The van der Waals surface area contributed by atoms with E-state index < -0.39 is 23.5 Å². The van der Waals surface area contributed by atoms with E-state index in [2.05, 4.69) is 4.57 Å². The number of carboxylic acid groups (broad SMARTS) is 1. The van der Waals surface area contributed by atoms with Crippen LogP contribution in [-0.4, -0.2) is 44.8 Å². The lowest BCUT2D eigenvalue weighted by atomic mass is 9.87. The van der Waals surface area contributed by atoms with Gasteiger partial charge in [-0.1, -0.05) is 18.9 Å². The van der Waals surface area contributed by atoms with E-state index in [9.17, 15) is 23.5 Å². The van der Waals surface area contributed by atoms with Gasteiger partial charge in [0.25, 0.3) is 0 Å². The van der Waals surface area contributed by atoms with E-state index in [1.54, 1.807) is 4.90 Å². The summed E-state index contributed by atoms with van der Waals surface area (Å²) < 4.78 is 34.8. The predicted octanol–water partition coefficient (Wildman–Crippen LogP) is 5.60. The van der Waals surface area contributed by atoms with Crippen LogP contribution in [0.4, 0.5) is 13.6 Å². The van der Waals surface area contributed by atoms with Crippen molar-refractivity contribution < 1.29 is 28.2 Å². The molecule has 2 heterocycles. The Morgan fingerprint density at radius 3 is 2.56 bits per heavy atom. The summed E-state index contributed by atoms with van der Waals surface area (Å²) in [5.41, 5.74) is 4.10. The highest BCUT2D eigenvalue weighted by atomic mass is 19.2. The van der Waals surface area contributed by atoms with Crippen molar-refractivity contribution in [1.29, 1.82) is 0 Å². The SMILES string of the molecule is COC(=O)N1C2=C(CC[C@@H]1C)c1nc(CC(C(=O)O)c3ccc(F)c(F)c3)n(C3CCCC3)c1CC2. The molecule has 1 fully saturated rings. The number of aromatic nitrogens is 2. The number of benzene rings is 1. The van der Waals surface area contributed by atoms with Crippen molar-refractivity contribution in [2.75, 3.05) is 7.11 Å². The summed E-state index contributed by atoms with van der Waals surface area (Å²) >= 11 is 0. The van der Waals surface area contributed by atoms with Crippen LogP contribution in [0.25, 0.3) is 5.57 Å². The number of imidazole rings is 1. The topological polar surface area (TPSA) is 84.7 Å². The van der Waals surface area contributed by atoms with Crippen LogP contribution in [0.5, 0.6) is 0 Å². The molecule has 1 N–H and O–H groups in total. The van der Waals surface area contributed by atoms with Crippen LogP contribution in [0.1, 0.15) is 86.6 Å². The van der Waals surface area contributed by atoms with E-state index in [0.717, 1.165) is 73.3 Å². The molecule has 9 heteroatoms. The van der Waals surface area contributed by atoms with Crippen molar-refractivity contribution in [2.45, 2.75) is 82.7 Å². The number of halogens is 2. The van der Waals surface area contributed by atoms with Gasteiger partial charge >= 0.3 is 12.1 Å². The van der Waals surface area contributed by atoms with Gasteiger partial charge in [0.05, 0.1) is 18.7 Å². The number of carbonyl (C=O) groups excluding carboxylic acids is 1. The third kappa shape index (κ3) is 4.18. The van der Waals surface area contributed by atoms with Gasteiger partial charge in [-0.2, -0.15) is 0 Å². The fourth-order valence-electron chi connectivity index (χ4n) is 6.18. The lowest BCUT2D eigenvalue weighted by Crippen LogP contribution is -2.41. The van der Waals surface area contributed by atoms with Crippen LogP contribution < -0.4 is 0 Å². The summed E-state index contributed by atoms with van der Waals surface area (Å²) in [6.07, 6.45) is 6.84. The van der Waals surface area contributed by atoms with Crippen molar-refractivity contribution in [3.05, 3.63) is 58.3 Å². The van der Waals surface area contributed by atoms with Crippen LogP contribution in [0.15, 0.2) is 23.9 Å². The molecule has 2 atom stereocenters. The number of nitrogens with zero attached hydrogens (tertiary/aromatic N) is 3. The van der Waals surface area contributed by atoms with Gasteiger partial charge in [-0.15, -0.1) is 0 Å². The standard InChI is InChI=1S/C27H31F2N3O4/c1-15-7-9-18-22(31(15)27(35)36-2)11-12-23-25(18)30-24(32(23)17-5-3-4-6-17)14-19(26(33)34)16-8-10-20(28)21(29)13-16/h8,10,13,15,17,19H,3-7,9,11-12,14H2,1-2H3,(H,33,34)/t15-,19?/m0/s1. The molecule has 36 heavy (non-hydrogen) atoms. The Kier molecular flexibility index (Phi) is 6.57. The minimum absolute atomic E-state index is 0.0268. The molecule has 2 aliphatic carbocycles. The highest BCUT2D eigenvalue weighted by molar-refractivity contribution is 5.79. The van der Waals surface area contributed by atoms with E-state index in [4.69, 9.17) is 9.72 Å². The smallest absolute Gasteiger partial charge is 0.413 e. The Balaban J connectivity index is 1.60. The Bertz CT molecular complexity index is 1230. The lowest BCUT2D eigenvalue weighted by molar-refractivity contribution is -0.138. The van der Waals surface area contributed by atoms with Gasteiger partial charge in [-0.3, -0.25) is 9.69 Å². The van der Waals surface area contributed by atoms with Crippen LogP contribution in [-0.2, 0) is 22.4 Å². The third-order valence-corrected chi connectivity index (χ3v) is 7.95. The van der Waals surface area contributed by atoms with Gasteiger partial charge in [-0.25, -0.2) is 18.6 Å². The highest BCUT2D eigenvalue weighted by Crippen LogP contribution is 2.44. The zero-order chi connectivity index (χ0) is 25.6. The van der Waals surface area contributed by atoms with E-state index in [-0.39, 0.29) is 30.2 Å². The van der Waals surface area contributed by atoms with Crippen molar-refractivity contribution in [3.8, 4) is 0 Å². The zero-order valence-corrected chi connectivity index (χ0v) is 20.6. The van der Waals surface area contributed by atoms with Gasteiger partial charge in [0, 0.05) is 29.9 Å². The quantitative estimate of drug-likeness (QED) is 0.579. The normalized spacial score (nSPS) is 20.8. The number of carboxylic acids is 1. The van der Waals surface area contributed by atoms with Crippen LogP contribution in [0, 0.1) is 11.6 Å². The summed E-state index contributed by atoms with van der Waals surface area (Å²) in [6, 6.07) is 3.53. The first-order chi connectivity index (χ1) is 17.3. The Morgan fingerprint density at radius 1 is 1.14 bits per heavy atom. The molecular formula is C27H31F2N3O4. The molecule has 0 saturated heterocycles. The average molecular weight is 500 g/mol. The molecule has 1 amide bonds. The molecule has 1 aliphatic heterocycles. The van der Waals surface area contributed by atoms with Gasteiger partial charge in [-0.05, 0) is 68.7 Å². The number of fused-ring (bicyclic) bond motifs is 2. The molecule has 192 valence electrons. The summed E-state index contributed by atoms with van der Waals surface area (Å²) in [5.74, 6) is -3.59. The maximum absolute atomic E-state index is 14.0. The fraction of sp³-hybridized carbons (Fsp3) is 0.519. The molecule has 1 saturated carbocycles. The molecule has 1 aromatic carbocycles. The van der Waals surface area contributed by atoms with Gasteiger partial charge in [0.2, 0.25) is 0 Å². The van der Waals surface area contributed by atoms with Crippen molar-refractivity contribution in [1.82, 2.24) is 14.5 Å². The molecule has 3 aliphatic rings. The molecule has 1 aromatic heterocycles. The highest BCUT2D eigenvalue weighted by Gasteiger charge is 2.38. The van der Waals surface area contributed by atoms with Crippen molar-refractivity contribution in [2.24, 2.45) is 0 Å². The van der Waals surface area contributed by atoms with Gasteiger partial charge in [0.15, 0.2) is 11.6 Å². The van der Waals surface area contributed by atoms with Gasteiger partial charge < -0.3 is 14.4 Å². The van der Waals surface area contributed by atoms with Crippen LogP contribution in [0.3, 0.4) is 0 Å². The second-order valence-corrected chi connectivity index (χ2v) is 10.1. The first-order valence-electron chi connectivity index (χ1n) is 12.7. The number of hydrogen-bond acceptors (Lipinski definition) is 4. The van der Waals surface area contributed by atoms with Crippen molar-refractivity contribution >= 4 is 17.6 Å². The lowest BCUT2D eigenvalue weighted by Gasteiger charge is -2.38. The van der Waals surface area contributed by atoms with E-state index in [1.807, 2.05) is 6.92 Å². The number of methoxy groups -OCH3 is 1. The molecule has 7 nitrogen and oxygen atoms in total.